The van der Waals surface area contributed by atoms with Crippen LogP contribution in [0.25, 0.3) is 0 Å². The van der Waals surface area contributed by atoms with Crippen LogP contribution in [0.2, 0.25) is 0 Å². The number of para-hydroxylation sites is 3. The van der Waals surface area contributed by atoms with Gasteiger partial charge in [0, 0.05) is 57.6 Å². The Labute approximate surface area is 568 Å². The number of carbonyl (C=O) groups excluding carboxylic acids is 3. The van der Waals surface area contributed by atoms with Crippen molar-refractivity contribution in [2.45, 2.75) is 93.4 Å². The standard InChI is InChI=1S/C34H54N4O5.C11H15NO.C10H24N2O3.C4H7O.CH3I.Al.2HI.Li.H2.3H/c1-27-13-9-14-28(2)33(27)35-31(39)25-37(5,6)17-11-19-41-21-23-43-24-22-42-20-12-18-38(7,8)26-32(40)36-34-29(3)15-10-16-30(34)4;1-4-10(13)12-11-8(2)6-5-7-9(11)3;11-3-1-5-13-7-9-15-10-8-14-6-2-4-12;1-2-4-5-3-1;1-2;;;;;;;;/h9-10,13-16H,11-12,17-26H2,1-8H3;5-7H,4H2,1-3H3,(H,12,13);1-12H2;3H,1-2,4H2;1H3;;2*1H;;1H;;;/q;;;-1;;;;;+1;;;;/i;;;;;;;;;1+1;;;. The van der Waals surface area contributed by atoms with E-state index in [0.717, 1.165) is 102 Å². The maximum Gasteiger partial charge on any atom is 1.00 e. The Bertz CT molecular complexity index is 1890. The van der Waals surface area contributed by atoms with Crippen LogP contribution in [0.15, 0.2) is 54.6 Å². The Morgan fingerprint density at radius 1 is 0.524 bits per heavy atom. The van der Waals surface area contributed by atoms with E-state index in [0.29, 0.717) is 121 Å². The molecule has 22 heteroatoms. The fourth-order valence-corrected chi connectivity index (χ4v) is 7.62. The number of nitrogens with one attached hydrogen (secondary N) is 3. The molecule has 0 atom stereocenters. The molecule has 0 unspecified atom stereocenters. The summed E-state index contributed by atoms with van der Waals surface area (Å²) in [4.78, 5) is 38.4. The monoisotopic (exact) mass is 1500 g/mol. The number of likely N-dealkylation sites (N-methyl/N-ethyl adjacent to an activating group) is 2. The largest absolute Gasteiger partial charge is 1.00 e. The summed E-state index contributed by atoms with van der Waals surface area (Å²) in [5.41, 5.74) is 19.9. The Morgan fingerprint density at radius 3 is 1.02 bits per heavy atom. The van der Waals surface area contributed by atoms with E-state index in [2.05, 4.69) is 66.7 Å². The van der Waals surface area contributed by atoms with Gasteiger partial charge in [0.2, 0.25) is 5.91 Å². The number of nitrogens with two attached hydrogens (primary N) is 2. The molecule has 7 N–H and O–H groups in total. The molecule has 470 valence electrons. The number of aryl methyl sites for hydroxylation is 6. The summed E-state index contributed by atoms with van der Waals surface area (Å²) >= 11 is 2.15. The predicted molar refractivity (Wildman–Crippen MR) is 341 cm³/mol. The van der Waals surface area contributed by atoms with Gasteiger partial charge in [0.15, 0.2) is 30.5 Å². The summed E-state index contributed by atoms with van der Waals surface area (Å²) in [5, 5.41) is 9.04. The second-order valence-electron chi connectivity index (χ2n) is 20.3. The maximum atomic E-state index is 12.6. The quantitative estimate of drug-likeness (QED) is 0.0122. The van der Waals surface area contributed by atoms with Crippen molar-refractivity contribution in [3.63, 3.8) is 0 Å². The molecule has 0 bridgehead atoms. The Kier molecular flexibility index (Phi) is 63.1. The smallest absolute Gasteiger partial charge is 1.00 e. The Balaban J connectivity index is -0.000000302. The number of hydrogen-bond acceptors (Lipinski definition) is 12. The minimum Gasteiger partial charge on any atom is -1.00 e. The van der Waals surface area contributed by atoms with Gasteiger partial charge in [-0.05, 0) is 106 Å². The molecule has 1 saturated heterocycles. The van der Waals surface area contributed by atoms with Gasteiger partial charge in [0.1, 0.15) is 0 Å². The summed E-state index contributed by atoms with van der Waals surface area (Å²) in [6.45, 7) is 27.9. The summed E-state index contributed by atoms with van der Waals surface area (Å²) in [7, 11) is 8.27. The third-order valence-corrected chi connectivity index (χ3v) is 12.0. The normalized spacial score (nSPS) is 11.3. The van der Waals surface area contributed by atoms with Crippen LogP contribution in [0.1, 0.15) is 86.7 Å². The topological polar surface area (TPSA) is 204 Å². The molecule has 82 heavy (non-hydrogen) atoms. The van der Waals surface area contributed by atoms with Crippen LogP contribution in [0.5, 0.6) is 0 Å². The average Bonchev–Trinajstić information content (AvgIpc) is 4.00. The number of amides is 3. The average molecular weight is 1510 g/mol. The zero-order valence-electron chi connectivity index (χ0n) is 51.9. The van der Waals surface area contributed by atoms with Gasteiger partial charge in [0.25, 0.3) is 11.8 Å². The molecule has 3 aromatic carbocycles. The molecule has 0 aromatic heterocycles. The number of rotatable bonds is 34. The second-order valence-corrected chi connectivity index (χ2v) is 20.3. The molecular weight excluding hydrogens is 1390 g/mol. The van der Waals surface area contributed by atoms with E-state index in [-0.39, 0.29) is 103 Å². The van der Waals surface area contributed by atoms with Crippen LogP contribution in [0.3, 0.4) is 0 Å². The number of hydrogen-bond donors (Lipinski definition) is 5. The fraction of sp³-hybridized carbons (Fsp3) is 0.633. The van der Waals surface area contributed by atoms with E-state index in [1.165, 1.54) is 6.42 Å². The van der Waals surface area contributed by atoms with E-state index < -0.39 is 0 Å². The van der Waals surface area contributed by atoms with E-state index in [4.69, 9.17) is 44.6 Å². The molecule has 1 aliphatic rings. The summed E-state index contributed by atoms with van der Waals surface area (Å²) in [6, 6.07) is 18.0. The zero-order valence-corrected chi connectivity index (χ0v) is 58.4. The Morgan fingerprint density at radius 2 is 0.793 bits per heavy atom. The number of quaternary nitrogens is 2. The van der Waals surface area contributed by atoms with Crippen molar-refractivity contribution >= 4 is 74.7 Å². The van der Waals surface area contributed by atoms with Crippen molar-refractivity contribution in [3.05, 3.63) is 94.6 Å². The molecule has 1 aliphatic heterocycles. The van der Waals surface area contributed by atoms with Crippen LogP contribution >= 0.6 is 22.6 Å². The third-order valence-electron chi connectivity index (χ3n) is 12.0. The van der Waals surface area contributed by atoms with Crippen molar-refractivity contribution < 1.29 is 125 Å². The molecule has 0 radical (unpaired) electrons. The molecule has 3 amide bonds. The van der Waals surface area contributed by atoms with Gasteiger partial charge in [-0.2, -0.15) is 6.42 Å². The van der Waals surface area contributed by atoms with Crippen molar-refractivity contribution in [2.75, 3.05) is 174 Å². The molecular formula is C60H110AlI3LiN7O10. The number of ether oxygens (including phenoxy) is 7. The van der Waals surface area contributed by atoms with Gasteiger partial charge in [0.05, 0.1) is 107 Å². The number of carbonyl (C=O) groups is 3. The van der Waals surface area contributed by atoms with Gasteiger partial charge in [-0.25, -0.2) is 6.61 Å². The summed E-state index contributed by atoms with van der Waals surface area (Å²) < 4.78 is 38.9. The molecule has 4 rings (SSSR count). The molecule has 17 nitrogen and oxygen atoms in total. The molecule has 3 aromatic rings. The minimum atomic E-state index is 0. The van der Waals surface area contributed by atoms with Gasteiger partial charge in [-0.3, -0.25) is 14.4 Å². The van der Waals surface area contributed by atoms with Crippen LogP contribution in [-0.2, 0) is 47.5 Å². The zero-order chi connectivity index (χ0) is 58.5. The van der Waals surface area contributed by atoms with Gasteiger partial charge in [-0.15, -0.1) is 0 Å². The SMILES string of the molecule is CCC(=O)Nc1c(C)cccc1C.CI.Cc1cccc(C)c1NC(=O)C[N+](C)(C)CCCOCCOCCOCCC[N+](C)(C)CC(=O)Nc1c(C)cccc1C.NCCCOCCOCCOCCCN.[2HH].[AlH3].[CH-]1CCCO1.[I-].[I-].[Li+]. The minimum absolute atomic E-state index is 0. The van der Waals surface area contributed by atoms with Crippen LogP contribution in [0.4, 0.5) is 17.1 Å². The molecule has 0 spiro atoms. The van der Waals surface area contributed by atoms with Gasteiger partial charge in [-0.1, -0.05) is 90.5 Å². The van der Waals surface area contributed by atoms with Crippen molar-refractivity contribution in [1.29, 1.82) is 0 Å². The number of anilines is 3. The summed E-state index contributed by atoms with van der Waals surface area (Å²) in [6.07, 6.45) is 6.45. The summed E-state index contributed by atoms with van der Waals surface area (Å²) in [5.74, 6) is 0.119. The fourth-order valence-electron chi connectivity index (χ4n) is 7.62. The van der Waals surface area contributed by atoms with Crippen LogP contribution in [0, 0.1) is 48.1 Å². The van der Waals surface area contributed by atoms with E-state index in [1.54, 1.807) is 0 Å². The van der Waals surface area contributed by atoms with E-state index in [9.17, 15) is 14.4 Å². The van der Waals surface area contributed by atoms with Crippen molar-refractivity contribution in [2.24, 2.45) is 11.5 Å². The van der Waals surface area contributed by atoms with Crippen molar-refractivity contribution in [1.82, 2.24) is 0 Å². The van der Waals surface area contributed by atoms with E-state index >= 15 is 0 Å². The van der Waals surface area contributed by atoms with Crippen LogP contribution < -0.4 is 94.2 Å². The predicted octanol–water partition coefficient (Wildman–Crippen LogP) is -1.05. The second kappa shape index (κ2) is 57.7. The Hall–Kier alpha value is -1.05. The number of benzene rings is 3. The first-order valence-electron chi connectivity index (χ1n) is 27.8. The number of halogens is 3. The third kappa shape index (κ3) is 48.0. The molecule has 1 heterocycles. The first-order valence-corrected chi connectivity index (χ1v) is 29.9. The van der Waals surface area contributed by atoms with Crippen LogP contribution in [-0.4, -0.2) is 202 Å². The number of alkyl halides is 1. The van der Waals surface area contributed by atoms with Gasteiger partial charge < -0.3 is 117 Å². The first kappa shape index (κ1) is 89.7. The maximum absolute atomic E-state index is 12.6. The molecule has 0 aliphatic carbocycles. The first-order chi connectivity index (χ1) is 37.4. The number of nitrogens with zero attached hydrogens (tertiary/aromatic N) is 2. The van der Waals surface area contributed by atoms with Crippen molar-refractivity contribution in [3.8, 4) is 0 Å². The molecule has 1 fully saturated rings. The van der Waals surface area contributed by atoms with E-state index in [1.807, 2.05) is 115 Å². The van der Waals surface area contributed by atoms with Gasteiger partial charge >= 0.3 is 18.9 Å². The molecule has 0 saturated carbocycles.